The normalized spacial score (nSPS) is 19.9. The molecule has 190 valence electrons. The van der Waals surface area contributed by atoms with Gasteiger partial charge in [-0.05, 0) is 48.1 Å². The number of amides is 1. The molecule has 1 heterocycles. The van der Waals surface area contributed by atoms with Crippen LogP contribution in [0.1, 0.15) is 68.2 Å². The maximum atomic E-state index is 13.7. The highest BCUT2D eigenvalue weighted by atomic mass is 19.1. The minimum absolute atomic E-state index is 0.0979. The van der Waals surface area contributed by atoms with Crippen LogP contribution in [0.2, 0.25) is 0 Å². The van der Waals surface area contributed by atoms with Gasteiger partial charge >= 0.3 is 0 Å². The van der Waals surface area contributed by atoms with Gasteiger partial charge in [0.15, 0.2) is 0 Å². The Labute approximate surface area is 206 Å². The number of nitrogens with two attached hydrogens (primary N) is 1. The maximum absolute atomic E-state index is 13.7. The van der Waals surface area contributed by atoms with Crippen molar-refractivity contribution >= 4 is 5.91 Å². The lowest BCUT2D eigenvalue weighted by Crippen LogP contribution is -2.53. The summed E-state index contributed by atoms with van der Waals surface area (Å²) >= 11 is 0. The Balaban J connectivity index is 1.41. The number of halogens is 2. The molecule has 0 aromatic heterocycles. The first-order valence-corrected chi connectivity index (χ1v) is 12.8. The van der Waals surface area contributed by atoms with Gasteiger partial charge in [-0.25, -0.2) is 8.78 Å². The van der Waals surface area contributed by atoms with Crippen LogP contribution in [0.4, 0.5) is 8.78 Å². The molecular weight excluding hydrogens is 448 g/mol. The van der Waals surface area contributed by atoms with Crippen LogP contribution in [0.15, 0.2) is 36.4 Å². The van der Waals surface area contributed by atoms with Gasteiger partial charge in [-0.1, -0.05) is 44.2 Å². The molecule has 2 aliphatic rings. The fraction of sp³-hybridized carbons (Fsp3) is 0.536. The number of nitrogens with one attached hydrogen (secondary N) is 2. The summed E-state index contributed by atoms with van der Waals surface area (Å²) in [4.78, 5) is 11.8. The van der Waals surface area contributed by atoms with Gasteiger partial charge in [0.1, 0.15) is 17.4 Å². The van der Waals surface area contributed by atoms with E-state index in [0.717, 1.165) is 36.1 Å². The Hall–Kier alpha value is -2.51. The van der Waals surface area contributed by atoms with Crippen molar-refractivity contribution in [1.82, 2.24) is 10.6 Å². The van der Waals surface area contributed by atoms with Gasteiger partial charge in [0.05, 0.1) is 6.61 Å². The molecule has 1 saturated carbocycles. The lowest BCUT2D eigenvalue weighted by Gasteiger charge is -2.31. The van der Waals surface area contributed by atoms with E-state index >= 15 is 0 Å². The highest BCUT2D eigenvalue weighted by Gasteiger charge is 2.26. The SMILES string of the molecule is CC(=O)N[C@@H](Cc1cc(F)cc(F)c1)[C@H](N)CNC1CCOc2ccc(CC3CCCCC3)cc21. The molecule has 0 radical (unpaired) electrons. The van der Waals surface area contributed by atoms with Crippen LogP contribution in [0.5, 0.6) is 5.75 Å². The topological polar surface area (TPSA) is 76.4 Å². The summed E-state index contributed by atoms with van der Waals surface area (Å²) in [6.07, 6.45) is 8.81. The highest BCUT2D eigenvalue weighted by molar-refractivity contribution is 5.73. The first-order valence-electron chi connectivity index (χ1n) is 12.8. The lowest BCUT2D eigenvalue weighted by molar-refractivity contribution is -0.119. The monoisotopic (exact) mass is 485 g/mol. The van der Waals surface area contributed by atoms with Gasteiger partial charge < -0.3 is 21.1 Å². The van der Waals surface area contributed by atoms with E-state index in [9.17, 15) is 13.6 Å². The molecule has 2 aromatic rings. The molecule has 1 aliphatic carbocycles. The molecule has 0 saturated heterocycles. The number of ether oxygens (including phenoxy) is 1. The first kappa shape index (κ1) is 25.6. The number of hydrogen-bond donors (Lipinski definition) is 3. The number of benzene rings is 2. The molecule has 4 N–H and O–H groups in total. The van der Waals surface area contributed by atoms with Crippen molar-refractivity contribution < 1.29 is 18.3 Å². The molecule has 35 heavy (non-hydrogen) atoms. The van der Waals surface area contributed by atoms with E-state index in [-0.39, 0.29) is 18.4 Å². The smallest absolute Gasteiger partial charge is 0.217 e. The van der Waals surface area contributed by atoms with E-state index in [4.69, 9.17) is 10.5 Å². The van der Waals surface area contributed by atoms with Crippen LogP contribution in [-0.2, 0) is 17.6 Å². The first-order chi connectivity index (χ1) is 16.9. The molecule has 2 aromatic carbocycles. The summed E-state index contributed by atoms with van der Waals surface area (Å²) in [7, 11) is 0. The van der Waals surface area contributed by atoms with Crippen LogP contribution >= 0.6 is 0 Å². The Morgan fingerprint density at radius 3 is 2.51 bits per heavy atom. The van der Waals surface area contributed by atoms with Crippen LogP contribution in [-0.4, -0.2) is 31.1 Å². The number of hydrogen-bond acceptors (Lipinski definition) is 4. The molecule has 7 heteroatoms. The molecule has 3 atom stereocenters. The summed E-state index contributed by atoms with van der Waals surface area (Å²) < 4.78 is 33.3. The van der Waals surface area contributed by atoms with Gasteiger partial charge in [0.2, 0.25) is 5.91 Å². The molecule has 5 nitrogen and oxygen atoms in total. The van der Waals surface area contributed by atoms with E-state index in [1.54, 1.807) is 0 Å². The van der Waals surface area contributed by atoms with Gasteiger partial charge in [0.25, 0.3) is 0 Å². The van der Waals surface area contributed by atoms with Crippen molar-refractivity contribution in [2.75, 3.05) is 13.2 Å². The molecule has 1 unspecified atom stereocenters. The van der Waals surface area contributed by atoms with E-state index in [0.29, 0.717) is 18.7 Å². The fourth-order valence-corrected chi connectivity index (χ4v) is 5.48. The predicted octanol–water partition coefficient (Wildman–Crippen LogP) is 4.58. The zero-order chi connectivity index (χ0) is 24.8. The minimum atomic E-state index is -0.642. The number of rotatable bonds is 9. The van der Waals surface area contributed by atoms with Crippen molar-refractivity contribution in [3.05, 3.63) is 64.7 Å². The van der Waals surface area contributed by atoms with Crippen LogP contribution in [0, 0.1) is 17.6 Å². The summed E-state index contributed by atoms with van der Waals surface area (Å²) in [5.41, 5.74) is 9.45. The fourth-order valence-electron chi connectivity index (χ4n) is 5.48. The van der Waals surface area contributed by atoms with Crippen LogP contribution < -0.4 is 21.1 Å². The average molecular weight is 486 g/mol. The second-order valence-electron chi connectivity index (χ2n) is 10.1. The zero-order valence-corrected chi connectivity index (χ0v) is 20.5. The predicted molar refractivity (Wildman–Crippen MR) is 133 cm³/mol. The summed E-state index contributed by atoms with van der Waals surface area (Å²) in [6, 6.07) is 9.13. The Bertz CT molecular complexity index is 989. The van der Waals surface area contributed by atoms with Crippen LogP contribution in [0.25, 0.3) is 0 Å². The van der Waals surface area contributed by atoms with Gasteiger partial charge in [-0.3, -0.25) is 4.79 Å². The second-order valence-corrected chi connectivity index (χ2v) is 10.1. The largest absolute Gasteiger partial charge is 0.493 e. The summed E-state index contributed by atoms with van der Waals surface area (Å²) in [6.45, 7) is 2.49. The molecule has 1 aliphatic heterocycles. The molecule has 0 bridgehead atoms. The van der Waals surface area contributed by atoms with Crippen molar-refractivity contribution in [3.63, 3.8) is 0 Å². The van der Waals surface area contributed by atoms with Gasteiger partial charge in [0, 0.05) is 49.6 Å². The van der Waals surface area contributed by atoms with Crippen molar-refractivity contribution in [2.24, 2.45) is 11.7 Å². The van der Waals surface area contributed by atoms with Gasteiger partial charge in [-0.15, -0.1) is 0 Å². The number of fused-ring (bicyclic) bond motifs is 1. The van der Waals surface area contributed by atoms with E-state index in [2.05, 4.69) is 28.8 Å². The molecule has 1 fully saturated rings. The minimum Gasteiger partial charge on any atom is -0.493 e. The van der Waals surface area contributed by atoms with E-state index in [1.165, 1.54) is 56.7 Å². The van der Waals surface area contributed by atoms with Crippen molar-refractivity contribution in [2.45, 2.75) is 76.4 Å². The molecule has 1 amide bonds. The zero-order valence-electron chi connectivity index (χ0n) is 20.5. The summed E-state index contributed by atoms with van der Waals surface area (Å²) in [5, 5.41) is 6.42. The third-order valence-electron chi connectivity index (χ3n) is 7.25. The number of carbonyl (C=O) groups excluding carboxylic acids is 1. The van der Waals surface area contributed by atoms with E-state index < -0.39 is 23.7 Å². The lowest BCUT2D eigenvalue weighted by atomic mass is 9.84. The second kappa shape index (κ2) is 12.0. The molecule has 0 spiro atoms. The third-order valence-corrected chi connectivity index (χ3v) is 7.25. The van der Waals surface area contributed by atoms with Crippen molar-refractivity contribution in [3.8, 4) is 5.75 Å². The average Bonchev–Trinajstić information content (AvgIpc) is 2.82. The maximum Gasteiger partial charge on any atom is 0.217 e. The Morgan fingerprint density at radius 2 is 1.80 bits per heavy atom. The van der Waals surface area contributed by atoms with Gasteiger partial charge in [-0.2, -0.15) is 0 Å². The van der Waals surface area contributed by atoms with Crippen molar-refractivity contribution in [1.29, 1.82) is 0 Å². The summed E-state index contributed by atoms with van der Waals surface area (Å²) in [5.74, 6) is 0.152. The quantitative estimate of drug-likeness (QED) is 0.486. The standard InChI is InChI=1S/C28H37F2N3O2/c1-18(34)33-27(15-21-12-22(29)16-23(30)13-21)25(31)17-32-26-9-10-35-28-8-7-20(14-24(26)28)11-19-5-3-2-4-6-19/h7-8,12-14,16,19,25-27,32H,2-6,9-11,15,17,31H2,1H3,(H,33,34)/t25-,26?,27+/m1/s1. The van der Waals surface area contributed by atoms with Crippen LogP contribution in [0.3, 0.4) is 0 Å². The Morgan fingerprint density at radius 1 is 1.06 bits per heavy atom. The van der Waals surface area contributed by atoms with E-state index in [1.807, 2.05) is 0 Å². The molecule has 4 rings (SSSR count). The highest BCUT2D eigenvalue weighted by Crippen LogP contribution is 2.34. The molecular formula is C28H37F2N3O2. The third kappa shape index (κ3) is 7.24. The Kier molecular flexibility index (Phi) is 8.74. The number of carbonyl (C=O) groups is 1.